The van der Waals surface area contributed by atoms with Crippen LogP contribution in [0.3, 0.4) is 0 Å². The van der Waals surface area contributed by atoms with Crippen LogP contribution in [0.4, 0.5) is 5.82 Å². The van der Waals surface area contributed by atoms with Gasteiger partial charge in [0.25, 0.3) is 5.91 Å². The highest BCUT2D eigenvalue weighted by atomic mass is 16.1. The topological polar surface area (TPSA) is 54.0 Å². The highest BCUT2D eigenvalue weighted by Gasteiger charge is 2.20. The molecule has 2 rings (SSSR count). The van der Waals surface area contributed by atoms with Crippen molar-refractivity contribution in [1.82, 2.24) is 10.3 Å². The van der Waals surface area contributed by atoms with E-state index in [1.807, 2.05) is 0 Å². The Morgan fingerprint density at radius 3 is 2.88 bits per heavy atom. The second-order valence-electron chi connectivity index (χ2n) is 4.52. The van der Waals surface area contributed by atoms with E-state index in [0.717, 1.165) is 24.7 Å². The summed E-state index contributed by atoms with van der Waals surface area (Å²) < 4.78 is 0. The third kappa shape index (κ3) is 3.73. The Morgan fingerprint density at radius 1 is 1.47 bits per heavy atom. The van der Waals surface area contributed by atoms with Gasteiger partial charge < -0.3 is 10.6 Å². The van der Waals surface area contributed by atoms with Crippen LogP contribution in [0.2, 0.25) is 0 Å². The second-order valence-corrected chi connectivity index (χ2v) is 4.52. The molecule has 0 bridgehead atoms. The number of nitrogens with zero attached hydrogens (tertiary/aromatic N) is 1. The summed E-state index contributed by atoms with van der Waals surface area (Å²) in [6.07, 6.45) is 6.68. The van der Waals surface area contributed by atoms with Gasteiger partial charge in [-0.15, -0.1) is 0 Å². The monoisotopic (exact) mass is 233 g/mol. The fraction of sp³-hybridized carbons (Fsp3) is 0.538. The van der Waals surface area contributed by atoms with E-state index in [1.54, 1.807) is 25.4 Å². The summed E-state index contributed by atoms with van der Waals surface area (Å²) in [5, 5.41) is 5.84. The summed E-state index contributed by atoms with van der Waals surface area (Å²) in [4.78, 5) is 15.8. The number of hydrogen-bond donors (Lipinski definition) is 2. The first-order valence-corrected chi connectivity index (χ1v) is 6.21. The van der Waals surface area contributed by atoms with Gasteiger partial charge in [0.05, 0.1) is 5.56 Å². The first-order valence-electron chi connectivity index (χ1n) is 6.21. The van der Waals surface area contributed by atoms with Crippen molar-refractivity contribution >= 4 is 11.7 Å². The lowest BCUT2D eigenvalue weighted by Gasteiger charge is -2.05. The largest absolute Gasteiger partial charge is 0.373 e. The van der Waals surface area contributed by atoms with Crippen LogP contribution in [-0.2, 0) is 0 Å². The Morgan fingerprint density at radius 2 is 2.29 bits per heavy atom. The lowest BCUT2D eigenvalue weighted by molar-refractivity contribution is 0.0952. The number of amides is 1. The lowest BCUT2D eigenvalue weighted by Crippen LogP contribution is -2.24. The van der Waals surface area contributed by atoms with Gasteiger partial charge in [0.2, 0.25) is 0 Å². The molecule has 1 aromatic rings. The Hall–Kier alpha value is -1.58. The van der Waals surface area contributed by atoms with Crippen molar-refractivity contribution in [3.05, 3.63) is 23.9 Å². The van der Waals surface area contributed by atoms with Crippen LogP contribution in [0.25, 0.3) is 0 Å². The Labute approximate surface area is 102 Å². The van der Waals surface area contributed by atoms with E-state index in [1.165, 1.54) is 19.3 Å². The molecule has 0 aliphatic heterocycles. The van der Waals surface area contributed by atoms with Crippen LogP contribution < -0.4 is 10.6 Å². The van der Waals surface area contributed by atoms with E-state index >= 15 is 0 Å². The zero-order valence-electron chi connectivity index (χ0n) is 10.2. The van der Waals surface area contributed by atoms with Crippen LogP contribution in [0, 0.1) is 5.92 Å². The zero-order chi connectivity index (χ0) is 12.1. The number of aromatic nitrogens is 1. The van der Waals surface area contributed by atoms with Crippen LogP contribution in [0.1, 0.15) is 36.0 Å². The van der Waals surface area contributed by atoms with Crippen LogP contribution in [-0.4, -0.2) is 24.5 Å². The normalized spacial score (nSPS) is 14.4. The minimum Gasteiger partial charge on any atom is -0.373 e. The molecule has 2 N–H and O–H groups in total. The van der Waals surface area contributed by atoms with Gasteiger partial charge in [-0.2, -0.15) is 0 Å². The molecule has 1 aliphatic rings. The van der Waals surface area contributed by atoms with Crippen molar-refractivity contribution in [2.75, 3.05) is 18.9 Å². The fourth-order valence-corrected chi connectivity index (χ4v) is 1.78. The van der Waals surface area contributed by atoms with E-state index in [4.69, 9.17) is 0 Å². The van der Waals surface area contributed by atoms with Gasteiger partial charge in [0.1, 0.15) is 5.82 Å². The average molecular weight is 233 g/mol. The maximum atomic E-state index is 11.7. The summed E-state index contributed by atoms with van der Waals surface area (Å²) in [5.41, 5.74) is 0.621. The Kier molecular flexibility index (Phi) is 3.96. The van der Waals surface area contributed by atoms with E-state index < -0.39 is 0 Å². The molecule has 1 amide bonds. The Bertz CT molecular complexity index is 371. The molecular weight excluding hydrogens is 214 g/mol. The van der Waals surface area contributed by atoms with E-state index in [0.29, 0.717) is 5.56 Å². The molecule has 1 fully saturated rings. The molecule has 0 aromatic carbocycles. The van der Waals surface area contributed by atoms with Crippen molar-refractivity contribution in [2.45, 2.75) is 25.7 Å². The lowest BCUT2D eigenvalue weighted by atomic mass is 10.2. The van der Waals surface area contributed by atoms with Gasteiger partial charge in [-0.3, -0.25) is 4.79 Å². The molecule has 1 saturated carbocycles. The summed E-state index contributed by atoms with van der Waals surface area (Å²) >= 11 is 0. The molecule has 4 nitrogen and oxygen atoms in total. The van der Waals surface area contributed by atoms with Gasteiger partial charge in [0, 0.05) is 19.8 Å². The molecule has 0 saturated heterocycles. The molecule has 4 heteroatoms. The predicted molar refractivity (Wildman–Crippen MR) is 68.1 cm³/mol. The minimum atomic E-state index is -0.0315. The standard InChI is InChI=1S/C13H19N3O/c1-14-12-7-6-11(9-16-12)13(17)15-8-2-3-10-4-5-10/h6-7,9-10H,2-5,8H2,1H3,(H,14,16)(H,15,17). The molecule has 0 atom stereocenters. The van der Waals surface area contributed by atoms with Crippen LogP contribution in [0.15, 0.2) is 18.3 Å². The highest BCUT2D eigenvalue weighted by Crippen LogP contribution is 2.33. The summed E-state index contributed by atoms with van der Waals surface area (Å²) in [7, 11) is 1.81. The van der Waals surface area contributed by atoms with Crippen LogP contribution >= 0.6 is 0 Å². The number of nitrogens with one attached hydrogen (secondary N) is 2. The number of carbonyl (C=O) groups is 1. The van der Waals surface area contributed by atoms with Crippen molar-refractivity contribution in [3.8, 4) is 0 Å². The van der Waals surface area contributed by atoms with Crippen molar-refractivity contribution in [3.63, 3.8) is 0 Å². The maximum Gasteiger partial charge on any atom is 0.252 e. The van der Waals surface area contributed by atoms with Gasteiger partial charge in [0.15, 0.2) is 0 Å². The number of hydrogen-bond acceptors (Lipinski definition) is 3. The fourth-order valence-electron chi connectivity index (χ4n) is 1.78. The van der Waals surface area contributed by atoms with E-state index in [2.05, 4.69) is 15.6 Å². The number of pyridine rings is 1. The zero-order valence-corrected chi connectivity index (χ0v) is 10.2. The summed E-state index contributed by atoms with van der Waals surface area (Å²) in [6.45, 7) is 0.767. The molecule has 17 heavy (non-hydrogen) atoms. The number of rotatable bonds is 6. The molecule has 1 aliphatic carbocycles. The van der Waals surface area contributed by atoms with Gasteiger partial charge in [-0.25, -0.2) is 4.98 Å². The maximum absolute atomic E-state index is 11.7. The third-order valence-electron chi connectivity index (χ3n) is 3.05. The highest BCUT2D eigenvalue weighted by molar-refractivity contribution is 5.93. The summed E-state index contributed by atoms with van der Waals surface area (Å²) in [5.74, 6) is 1.68. The van der Waals surface area contributed by atoms with Gasteiger partial charge in [-0.05, 0) is 30.9 Å². The third-order valence-corrected chi connectivity index (χ3v) is 3.05. The van der Waals surface area contributed by atoms with E-state index in [-0.39, 0.29) is 5.91 Å². The number of anilines is 1. The van der Waals surface area contributed by atoms with E-state index in [9.17, 15) is 4.79 Å². The first kappa shape index (κ1) is 11.9. The quantitative estimate of drug-likeness (QED) is 0.739. The average Bonchev–Trinajstić information content (AvgIpc) is 3.18. The van der Waals surface area contributed by atoms with Crippen molar-refractivity contribution < 1.29 is 4.79 Å². The Balaban J connectivity index is 1.73. The first-order chi connectivity index (χ1) is 8.29. The minimum absolute atomic E-state index is 0.0315. The molecular formula is C13H19N3O. The SMILES string of the molecule is CNc1ccc(C(=O)NCCCC2CC2)cn1. The number of carbonyl (C=O) groups excluding carboxylic acids is 1. The van der Waals surface area contributed by atoms with Gasteiger partial charge >= 0.3 is 0 Å². The van der Waals surface area contributed by atoms with Gasteiger partial charge in [-0.1, -0.05) is 12.8 Å². The molecule has 1 heterocycles. The van der Waals surface area contributed by atoms with Crippen LogP contribution in [0.5, 0.6) is 0 Å². The summed E-state index contributed by atoms with van der Waals surface area (Å²) in [6, 6.07) is 3.59. The van der Waals surface area contributed by atoms with Crippen molar-refractivity contribution in [1.29, 1.82) is 0 Å². The molecule has 0 unspecified atom stereocenters. The second kappa shape index (κ2) is 5.66. The molecule has 1 aromatic heterocycles. The molecule has 92 valence electrons. The molecule has 0 radical (unpaired) electrons. The van der Waals surface area contributed by atoms with Crippen molar-refractivity contribution in [2.24, 2.45) is 5.92 Å². The molecule has 0 spiro atoms. The smallest absolute Gasteiger partial charge is 0.252 e. The predicted octanol–water partition coefficient (Wildman–Crippen LogP) is 2.04.